The fourth-order valence-corrected chi connectivity index (χ4v) is 2.98. The SMILES string of the molecule is O=C(O)c1cccc(NS(=O)(=O)c2ccccc2[N+](=O)[O-])c1. The molecule has 0 saturated heterocycles. The van der Waals surface area contributed by atoms with Crippen molar-refractivity contribution in [2.75, 3.05) is 4.72 Å². The smallest absolute Gasteiger partial charge is 0.335 e. The zero-order chi connectivity index (χ0) is 16.3. The molecular formula is C13H10N2O6S. The van der Waals surface area contributed by atoms with E-state index in [1.54, 1.807) is 0 Å². The summed E-state index contributed by atoms with van der Waals surface area (Å²) in [5.41, 5.74) is -0.676. The average Bonchev–Trinajstić information content (AvgIpc) is 2.47. The first-order chi connectivity index (χ1) is 10.3. The highest BCUT2D eigenvalue weighted by atomic mass is 32.2. The third-order valence-corrected chi connectivity index (χ3v) is 4.14. The van der Waals surface area contributed by atoms with E-state index in [4.69, 9.17) is 5.11 Å². The molecule has 0 unspecified atom stereocenters. The minimum absolute atomic E-state index is 0.00180. The molecule has 114 valence electrons. The van der Waals surface area contributed by atoms with Gasteiger partial charge in [0.2, 0.25) is 0 Å². The van der Waals surface area contributed by atoms with Crippen LogP contribution in [-0.2, 0) is 10.0 Å². The van der Waals surface area contributed by atoms with E-state index in [1.165, 1.54) is 30.3 Å². The van der Waals surface area contributed by atoms with Crippen molar-refractivity contribution >= 4 is 27.4 Å². The molecule has 0 heterocycles. The number of hydrogen-bond donors (Lipinski definition) is 2. The summed E-state index contributed by atoms with van der Waals surface area (Å²) in [6.45, 7) is 0. The quantitative estimate of drug-likeness (QED) is 0.641. The fraction of sp³-hybridized carbons (Fsp3) is 0. The van der Waals surface area contributed by atoms with Crippen LogP contribution >= 0.6 is 0 Å². The molecule has 0 aromatic heterocycles. The standard InChI is InChI=1S/C13H10N2O6S/c16-13(17)9-4-3-5-10(8-9)14-22(20,21)12-7-2-1-6-11(12)15(18)19/h1-8,14H,(H,16,17). The van der Waals surface area contributed by atoms with Crippen molar-refractivity contribution in [2.24, 2.45) is 0 Å². The number of benzene rings is 2. The first-order valence-corrected chi connectivity index (χ1v) is 7.39. The second-order valence-corrected chi connectivity index (χ2v) is 5.87. The van der Waals surface area contributed by atoms with Gasteiger partial charge < -0.3 is 5.11 Å². The van der Waals surface area contributed by atoms with Gasteiger partial charge in [0.25, 0.3) is 15.7 Å². The normalized spacial score (nSPS) is 10.9. The summed E-state index contributed by atoms with van der Waals surface area (Å²) in [5.74, 6) is -1.22. The molecule has 8 nitrogen and oxygen atoms in total. The Labute approximate surface area is 125 Å². The summed E-state index contributed by atoms with van der Waals surface area (Å²) in [5, 5.41) is 19.8. The Morgan fingerprint density at radius 3 is 2.45 bits per heavy atom. The maximum atomic E-state index is 12.2. The van der Waals surface area contributed by atoms with Crippen molar-refractivity contribution in [3.8, 4) is 0 Å². The minimum atomic E-state index is -4.22. The van der Waals surface area contributed by atoms with Crippen molar-refractivity contribution in [2.45, 2.75) is 4.90 Å². The van der Waals surface area contributed by atoms with Crippen LogP contribution in [0.4, 0.5) is 11.4 Å². The van der Waals surface area contributed by atoms with E-state index in [1.807, 2.05) is 0 Å². The van der Waals surface area contributed by atoms with Gasteiger partial charge in [-0.05, 0) is 24.3 Å². The van der Waals surface area contributed by atoms with Gasteiger partial charge in [0.1, 0.15) is 0 Å². The van der Waals surface area contributed by atoms with Gasteiger partial charge >= 0.3 is 5.97 Å². The number of carboxylic acids is 1. The zero-order valence-corrected chi connectivity index (χ0v) is 11.8. The number of nitro benzene ring substituents is 1. The second kappa shape index (κ2) is 5.82. The summed E-state index contributed by atoms with van der Waals surface area (Å²) in [7, 11) is -4.22. The van der Waals surface area contributed by atoms with E-state index in [9.17, 15) is 23.3 Å². The molecule has 2 N–H and O–H groups in total. The van der Waals surface area contributed by atoms with Gasteiger partial charge in [0, 0.05) is 11.8 Å². The van der Waals surface area contributed by atoms with Crippen molar-refractivity contribution in [3.63, 3.8) is 0 Å². The lowest BCUT2D eigenvalue weighted by Gasteiger charge is -2.08. The Kier molecular flexibility index (Phi) is 4.08. The lowest BCUT2D eigenvalue weighted by molar-refractivity contribution is -0.387. The number of hydrogen-bond acceptors (Lipinski definition) is 5. The molecule has 22 heavy (non-hydrogen) atoms. The second-order valence-electron chi connectivity index (χ2n) is 4.22. The van der Waals surface area contributed by atoms with Crippen molar-refractivity contribution in [1.29, 1.82) is 0 Å². The van der Waals surface area contributed by atoms with Gasteiger partial charge in [-0.25, -0.2) is 13.2 Å². The maximum Gasteiger partial charge on any atom is 0.335 e. The van der Waals surface area contributed by atoms with Crippen LogP contribution in [0.2, 0.25) is 0 Å². The highest BCUT2D eigenvalue weighted by Crippen LogP contribution is 2.25. The number of para-hydroxylation sites is 1. The van der Waals surface area contributed by atoms with E-state index in [0.29, 0.717) is 0 Å². The molecule has 0 amide bonds. The number of carbonyl (C=O) groups is 1. The molecule has 0 fully saturated rings. The topological polar surface area (TPSA) is 127 Å². The van der Waals surface area contributed by atoms with Crippen LogP contribution in [0.15, 0.2) is 53.4 Å². The third-order valence-electron chi connectivity index (χ3n) is 2.71. The maximum absolute atomic E-state index is 12.2. The number of aromatic carboxylic acids is 1. The Morgan fingerprint density at radius 2 is 1.82 bits per heavy atom. The van der Waals surface area contributed by atoms with Crippen LogP contribution < -0.4 is 4.72 Å². The monoisotopic (exact) mass is 322 g/mol. The molecule has 9 heteroatoms. The molecule has 0 aliphatic heterocycles. The first kappa shape index (κ1) is 15.4. The van der Waals surface area contributed by atoms with Gasteiger partial charge in [-0.1, -0.05) is 18.2 Å². The lowest BCUT2D eigenvalue weighted by Crippen LogP contribution is -2.15. The predicted molar refractivity (Wildman–Crippen MR) is 77.3 cm³/mol. The van der Waals surface area contributed by atoms with Crippen LogP contribution in [0.5, 0.6) is 0 Å². The average molecular weight is 322 g/mol. The summed E-state index contributed by atoms with van der Waals surface area (Å²) in [4.78, 5) is 20.5. The fourth-order valence-electron chi connectivity index (χ4n) is 1.76. The Bertz CT molecular complexity index is 847. The molecule has 2 rings (SSSR count). The first-order valence-electron chi connectivity index (χ1n) is 5.91. The van der Waals surface area contributed by atoms with Crippen molar-refractivity contribution < 1.29 is 23.2 Å². The molecule has 0 aliphatic carbocycles. The van der Waals surface area contributed by atoms with Crippen LogP contribution in [-0.4, -0.2) is 24.4 Å². The highest BCUT2D eigenvalue weighted by Gasteiger charge is 2.25. The van der Waals surface area contributed by atoms with Crippen LogP contribution in [0, 0.1) is 10.1 Å². The molecule has 0 bridgehead atoms. The van der Waals surface area contributed by atoms with Crippen LogP contribution in [0.1, 0.15) is 10.4 Å². The molecule has 0 saturated carbocycles. The number of carboxylic acid groups (broad SMARTS) is 1. The summed E-state index contributed by atoms with van der Waals surface area (Å²) >= 11 is 0. The van der Waals surface area contributed by atoms with E-state index in [-0.39, 0.29) is 11.3 Å². The number of anilines is 1. The number of nitrogens with one attached hydrogen (secondary N) is 1. The van der Waals surface area contributed by atoms with Gasteiger partial charge in [-0.3, -0.25) is 14.8 Å². The lowest BCUT2D eigenvalue weighted by atomic mass is 10.2. The molecule has 0 spiro atoms. The molecular weight excluding hydrogens is 312 g/mol. The van der Waals surface area contributed by atoms with Gasteiger partial charge in [-0.2, -0.15) is 0 Å². The molecule has 0 radical (unpaired) electrons. The molecule has 2 aromatic carbocycles. The van der Waals surface area contributed by atoms with E-state index in [2.05, 4.69) is 4.72 Å². The molecule has 2 aromatic rings. The molecule has 0 aliphatic rings. The van der Waals surface area contributed by atoms with Crippen molar-refractivity contribution in [3.05, 3.63) is 64.2 Å². The third kappa shape index (κ3) is 3.20. The minimum Gasteiger partial charge on any atom is -0.478 e. The number of rotatable bonds is 5. The van der Waals surface area contributed by atoms with Crippen LogP contribution in [0.25, 0.3) is 0 Å². The predicted octanol–water partition coefficient (Wildman–Crippen LogP) is 2.09. The number of sulfonamides is 1. The van der Waals surface area contributed by atoms with Gasteiger partial charge in [0.05, 0.1) is 10.5 Å². The Morgan fingerprint density at radius 1 is 1.14 bits per heavy atom. The summed E-state index contributed by atoms with van der Waals surface area (Å²) < 4.78 is 26.6. The largest absolute Gasteiger partial charge is 0.478 e. The van der Waals surface area contributed by atoms with Gasteiger partial charge in [0.15, 0.2) is 4.90 Å². The summed E-state index contributed by atoms with van der Waals surface area (Å²) in [6.07, 6.45) is 0. The van der Waals surface area contributed by atoms with E-state index < -0.39 is 31.5 Å². The van der Waals surface area contributed by atoms with Crippen molar-refractivity contribution in [1.82, 2.24) is 0 Å². The Hall–Kier alpha value is -2.94. The Balaban J connectivity index is 2.43. The van der Waals surface area contributed by atoms with Crippen LogP contribution in [0.3, 0.4) is 0 Å². The number of nitro groups is 1. The zero-order valence-electron chi connectivity index (χ0n) is 11.0. The molecule has 0 atom stereocenters. The number of nitrogens with zero attached hydrogens (tertiary/aromatic N) is 1. The summed E-state index contributed by atoms with van der Waals surface area (Å²) in [6, 6.07) is 10.0. The van der Waals surface area contributed by atoms with E-state index >= 15 is 0 Å². The van der Waals surface area contributed by atoms with E-state index in [0.717, 1.165) is 18.2 Å². The van der Waals surface area contributed by atoms with Gasteiger partial charge in [-0.15, -0.1) is 0 Å². The highest BCUT2D eigenvalue weighted by molar-refractivity contribution is 7.92.